The molecular weight excluding hydrogens is 472 g/mol. The molecule has 3 aromatic rings. The number of nitrogens with zero attached hydrogens (tertiary/aromatic N) is 1. The Morgan fingerprint density at radius 1 is 1.13 bits per heavy atom. The van der Waals surface area contributed by atoms with E-state index in [0.29, 0.717) is 21.3 Å². The molecule has 7 nitrogen and oxygen atoms in total. The molecule has 0 unspecified atom stereocenters. The Morgan fingerprint density at radius 2 is 1.83 bits per heavy atom. The first-order valence-corrected chi connectivity index (χ1v) is 10.7. The number of methoxy groups -OCH3 is 1. The first kappa shape index (κ1) is 21.4. The highest BCUT2D eigenvalue weighted by Gasteiger charge is 2.18. The number of nitrogens with one attached hydrogen (secondary N) is 1. The summed E-state index contributed by atoms with van der Waals surface area (Å²) in [6.07, 6.45) is 1.20. The monoisotopic (exact) mass is 486 g/mol. The minimum atomic E-state index is -3.91. The predicted molar refractivity (Wildman–Crippen MR) is 115 cm³/mol. The molecule has 0 spiro atoms. The minimum absolute atomic E-state index is 0.0396. The first-order chi connectivity index (χ1) is 14.3. The topological polar surface area (TPSA) is 106 Å². The maximum absolute atomic E-state index is 12.8. The van der Waals surface area contributed by atoms with Gasteiger partial charge < -0.3 is 9.84 Å². The van der Waals surface area contributed by atoms with Crippen LogP contribution in [-0.4, -0.2) is 31.6 Å². The standard InChI is InChI=1S/C21H15BrN2O5S/c1-29-20-18(22)12-17(13-23-20)30(27,28)24-19-5-3-2-4-15(19)9-6-14-7-10-16(11-8-14)21(25)26/h2-5,7-8,10-13,24H,1H3,(H,25,26). The molecule has 2 N–H and O–H groups in total. The van der Waals surface area contributed by atoms with Gasteiger partial charge in [-0.25, -0.2) is 18.2 Å². The molecule has 0 bridgehead atoms. The van der Waals surface area contributed by atoms with Crippen molar-refractivity contribution in [3.63, 3.8) is 0 Å². The number of benzene rings is 2. The van der Waals surface area contributed by atoms with Crippen LogP contribution in [0.25, 0.3) is 0 Å². The van der Waals surface area contributed by atoms with Crippen molar-refractivity contribution in [1.82, 2.24) is 4.98 Å². The number of carboxylic acids is 1. The summed E-state index contributed by atoms with van der Waals surface area (Å²) < 4.78 is 33.5. The Labute approximate surface area is 181 Å². The van der Waals surface area contributed by atoms with Crippen LogP contribution in [0.4, 0.5) is 5.69 Å². The predicted octanol–water partition coefficient (Wildman–Crippen LogP) is 3.75. The van der Waals surface area contributed by atoms with Gasteiger partial charge in [0.15, 0.2) is 0 Å². The van der Waals surface area contributed by atoms with Crippen LogP contribution in [0, 0.1) is 11.8 Å². The SMILES string of the molecule is COc1ncc(S(=O)(=O)Nc2ccccc2C#Cc2ccc(C(=O)O)cc2)cc1Br. The number of rotatable bonds is 5. The van der Waals surface area contributed by atoms with E-state index >= 15 is 0 Å². The number of carboxylic acid groups (broad SMARTS) is 1. The number of carbonyl (C=O) groups is 1. The highest BCUT2D eigenvalue weighted by Crippen LogP contribution is 2.26. The normalized spacial score (nSPS) is 10.6. The van der Waals surface area contributed by atoms with Crippen LogP contribution in [0.3, 0.4) is 0 Å². The average Bonchev–Trinajstić information content (AvgIpc) is 2.73. The van der Waals surface area contributed by atoms with E-state index in [4.69, 9.17) is 9.84 Å². The minimum Gasteiger partial charge on any atom is -0.480 e. The zero-order chi connectivity index (χ0) is 21.7. The molecule has 0 aliphatic heterocycles. The maximum atomic E-state index is 12.8. The molecule has 152 valence electrons. The lowest BCUT2D eigenvalue weighted by atomic mass is 10.1. The number of anilines is 1. The summed E-state index contributed by atoms with van der Waals surface area (Å²) >= 11 is 3.23. The van der Waals surface area contributed by atoms with Crippen LogP contribution in [0.2, 0.25) is 0 Å². The number of halogens is 1. The van der Waals surface area contributed by atoms with Crippen LogP contribution in [0.5, 0.6) is 5.88 Å². The third-order valence-electron chi connectivity index (χ3n) is 3.93. The lowest BCUT2D eigenvalue weighted by Crippen LogP contribution is -2.14. The molecule has 0 saturated heterocycles. The summed E-state index contributed by atoms with van der Waals surface area (Å²) in [7, 11) is -2.48. The maximum Gasteiger partial charge on any atom is 0.335 e. The van der Waals surface area contributed by atoms with E-state index < -0.39 is 16.0 Å². The number of hydrogen-bond donors (Lipinski definition) is 2. The van der Waals surface area contributed by atoms with E-state index in [0.717, 1.165) is 0 Å². The molecule has 30 heavy (non-hydrogen) atoms. The van der Waals surface area contributed by atoms with Crippen molar-refractivity contribution >= 4 is 37.6 Å². The van der Waals surface area contributed by atoms with Crippen molar-refractivity contribution in [1.29, 1.82) is 0 Å². The number of hydrogen-bond acceptors (Lipinski definition) is 5. The van der Waals surface area contributed by atoms with E-state index in [1.807, 2.05) is 0 Å². The third kappa shape index (κ3) is 4.97. The molecule has 0 fully saturated rings. The van der Waals surface area contributed by atoms with Gasteiger partial charge in [0.2, 0.25) is 5.88 Å². The number of aromatic carboxylic acids is 1. The number of pyridine rings is 1. The smallest absolute Gasteiger partial charge is 0.335 e. The molecule has 3 rings (SSSR count). The highest BCUT2D eigenvalue weighted by molar-refractivity contribution is 9.10. The van der Waals surface area contributed by atoms with Gasteiger partial charge in [0, 0.05) is 11.1 Å². The Balaban J connectivity index is 1.89. The average molecular weight is 487 g/mol. The largest absolute Gasteiger partial charge is 0.480 e. The molecule has 0 saturated carbocycles. The molecular formula is C21H15BrN2O5S. The lowest BCUT2D eigenvalue weighted by molar-refractivity contribution is 0.0697. The quantitative estimate of drug-likeness (QED) is 0.532. The van der Waals surface area contributed by atoms with Crippen LogP contribution in [-0.2, 0) is 10.0 Å². The second-order valence-corrected chi connectivity index (χ2v) is 8.48. The van der Waals surface area contributed by atoms with E-state index in [1.54, 1.807) is 36.4 Å². The molecule has 0 aliphatic rings. The molecule has 0 atom stereocenters. The Morgan fingerprint density at radius 3 is 2.47 bits per heavy atom. The van der Waals surface area contributed by atoms with E-state index in [1.165, 1.54) is 31.5 Å². The molecule has 0 amide bonds. The van der Waals surface area contributed by atoms with Gasteiger partial charge in [-0.2, -0.15) is 0 Å². The van der Waals surface area contributed by atoms with E-state index in [9.17, 15) is 13.2 Å². The Kier molecular flexibility index (Phi) is 6.40. The first-order valence-electron chi connectivity index (χ1n) is 8.47. The summed E-state index contributed by atoms with van der Waals surface area (Å²) in [5, 5.41) is 8.95. The highest BCUT2D eigenvalue weighted by atomic mass is 79.9. The summed E-state index contributed by atoms with van der Waals surface area (Å²) in [5.41, 5.74) is 1.52. The Hall–Kier alpha value is -3.35. The molecule has 1 heterocycles. The third-order valence-corrected chi connectivity index (χ3v) is 5.83. The van der Waals surface area contributed by atoms with Gasteiger partial charge in [-0.1, -0.05) is 24.0 Å². The van der Waals surface area contributed by atoms with Gasteiger partial charge in [0.05, 0.1) is 29.0 Å². The van der Waals surface area contributed by atoms with Crippen LogP contribution in [0.1, 0.15) is 21.5 Å². The van der Waals surface area contributed by atoms with Crippen LogP contribution < -0.4 is 9.46 Å². The molecule has 0 radical (unpaired) electrons. The van der Waals surface area contributed by atoms with Gasteiger partial charge in [0.25, 0.3) is 10.0 Å². The number of aromatic nitrogens is 1. The fourth-order valence-corrected chi connectivity index (χ4v) is 4.14. The molecule has 9 heteroatoms. The second-order valence-electron chi connectivity index (χ2n) is 5.95. The fourth-order valence-electron chi connectivity index (χ4n) is 2.43. The summed E-state index contributed by atoms with van der Waals surface area (Å²) in [6.45, 7) is 0. The van der Waals surface area contributed by atoms with Gasteiger partial charge >= 0.3 is 5.97 Å². The molecule has 1 aromatic heterocycles. The van der Waals surface area contributed by atoms with E-state index in [2.05, 4.69) is 37.5 Å². The molecule has 2 aromatic carbocycles. The van der Waals surface area contributed by atoms with Gasteiger partial charge in [0.1, 0.15) is 4.90 Å². The molecule has 0 aliphatic carbocycles. The number of sulfonamides is 1. The van der Waals surface area contributed by atoms with Gasteiger partial charge in [-0.05, 0) is 58.4 Å². The van der Waals surface area contributed by atoms with Crippen LogP contribution in [0.15, 0.2) is 70.2 Å². The zero-order valence-corrected chi connectivity index (χ0v) is 18.0. The summed E-state index contributed by atoms with van der Waals surface area (Å²) in [6, 6.07) is 14.2. The summed E-state index contributed by atoms with van der Waals surface area (Å²) in [4.78, 5) is 14.9. The van der Waals surface area contributed by atoms with Crippen molar-refractivity contribution in [3.8, 4) is 17.7 Å². The van der Waals surface area contributed by atoms with Crippen molar-refractivity contribution in [2.24, 2.45) is 0 Å². The van der Waals surface area contributed by atoms with Crippen molar-refractivity contribution in [3.05, 3.63) is 82.0 Å². The van der Waals surface area contributed by atoms with Crippen LogP contribution >= 0.6 is 15.9 Å². The lowest BCUT2D eigenvalue weighted by Gasteiger charge is -2.10. The van der Waals surface area contributed by atoms with Crippen molar-refractivity contribution in [2.75, 3.05) is 11.8 Å². The number of para-hydroxylation sites is 1. The van der Waals surface area contributed by atoms with Crippen molar-refractivity contribution in [2.45, 2.75) is 4.90 Å². The zero-order valence-electron chi connectivity index (χ0n) is 15.6. The Bertz CT molecular complexity index is 1260. The summed E-state index contributed by atoms with van der Waals surface area (Å²) in [5.74, 6) is 5.07. The van der Waals surface area contributed by atoms with Crippen molar-refractivity contribution < 1.29 is 23.1 Å². The van der Waals surface area contributed by atoms with Gasteiger partial charge in [-0.15, -0.1) is 0 Å². The van der Waals surface area contributed by atoms with Gasteiger partial charge in [-0.3, -0.25) is 4.72 Å². The second kappa shape index (κ2) is 8.98. The fraction of sp³-hybridized carbons (Fsp3) is 0.0476. The van der Waals surface area contributed by atoms with E-state index in [-0.39, 0.29) is 16.3 Å². The number of ether oxygens (including phenoxy) is 1.